The summed E-state index contributed by atoms with van der Waals surface area (Å²) in [6, 6.07) is 9.66. The molecule has 0 aliphatic carbocycles. The number of aryl methyl sites for hydroxylation is 1. The zero-order valence-electron chi connectivity index (χ0n) is 23.7. The van der Waals surface area contributed by atoms with Crippen LogP contribution in [-0.4, -0.2) is 69.1 Å². The van der Waals surface area contributed by atoms with Crippen LogP contribution < -0.4 is 9.64 Å². The van der Waals surface area contributed by atoms with Crippen molar-refractivity contribution in [3.63, 3.8) is 0 Å². The lowest BCUT2D eigenvalue weighted by Gasteiger charge is -2.33. The Morgan fingerprint density at radius 1 is 1.10 bits per heavy atom. The Bertz CT molecular complexity index is 1460. The lowest BCUT2D eigenvalue weighted by molar-refractivity contribution is 0.0751. The fourth-order valence-electron chi connectivity index (χ4n) is 7.67. The number of anilines is 1. The molecular weight excluding hydrogens is 502 g/mol. The smallest absolute Gasteiger partial charge is 0.318 e. The van der Waals surface area contributed by atoms with Crippen molar-refractivity contribution in [2.24, 2.45) is 5.92 Å². The topological polar surface area (TPSA) is 82.0 Å². The number of aromatic nitrogens is 2. The number of phenolic OH excluding ortho intramolecular Hbond substituents is 1. The number of benzene rings is 2. The van der Waals surface area contributed by atoms with Crippen molar-refractivity contribution in [1.82, 2.24) is 19.8 Å². The summed E-state index contributed by atoms with van der Waals surface area (Å²) in [6.45, 7) is 10.0. The third-order valence-corrected chi connectivity index (χ3v) is 9.67. The molecule has 4 aliphatic rings. The highest BCUT2D eigenvalue weighted by Crippen LogP contribution is 2.40. The molecule has 0 spiro atoms. The minimum atomic E-state index is -0.0972. The van der Waals surface area contributed by atoms with Gasteiger partial charge in [-0.1, -0.05) is 25.1 Å². The lowest BCUT2D eigenvalue weighted by Crippen LogP contribution is -2.43. The Hall–Kier alpha value is -3.39. The molecule has 0 bridgehead atoms. The number of ether oxygens (including phenoxy) is 1. The molecule has 1 atom stereocenters. The minimum absolute atomic E-state index is 0.0972. The predicted molar refractivity (Wildman–Crippen MR) is 155 cm³/mol. The molecule has 1 unspecified atom stereocenters. The fraction of sp³-hybridized carbons (Fsp3) is 0.531. The molecule has 0 radical (unpaired) electrons. The largest absolute Gasteiger partial charge is 0.508 e. The number of hydrogen-bond donors (Lipinski definition) is 1. The van der Waals surface area contributed by atoms with Crippen molar-refractivity contribution in [3.05, 3.63) is 52.7 Å². The summed E-state index contributed by atoms with van der Waals surface area (Å²) in [5, 5.41) is 12.2. The van der Waals surface area contributed by atoms with Crippen molar-refractivity contribution in [2.45, 2.75) is 71.0 Å². The van der Waals surface area contributed by atoms with Crippen molar-refractivity contribution in [2.75, 3.05) is 37.7 Å². The number of rotatable bonds is 5. The second-order valence-corrected chi connectivity index (χ2v) is 12.5. The minimum Gasteiger partial charge on any atom is -0.508 e. The van der Waals surface area contributed by atoms with E-state index in [0.717, 1.165) is 66.0 Å². The summed E-state index contributed by atoms with van der Waals surface area (Å²) in [5.41, 5.74) is 3.57. The van der Waals surface area contributed by atoms with Gasteiger partial charge in [-0.15, -0.1) is 0 Å². The van der Waals surface area contributed by atoms with Gasteiger partial charge in [0.25, 0.3) is 5.91 Å². The number of phenols is 1. The molecule has 0 saturated carbocycles. The molecule has 1 N–H and O–H groups in total. The van der Waals surface area contributed by atoms with E-state index in [-0.39, 0.29) is 17.2 Å². The summed E-state index contributed by atoms with van der Waals surface area (Å²) >= 11 is 0. The summed E-state index contributed by atoms with van der Waals surface area (Å²) in [6.07, 6.45) is 7.16. The number of nitrogens with zero attached hydrogens (tertiary/aromatic N) is 5. The number of aromatic hydroxyl groups is 1. The van der Waals surface area contributed by atoms with Gasteiger partial charge >= 0.3 is 6.01 Å². The number of amides is 1. The molecule has 3 fully saturated rings. The van der Waals surface area contributed by atoms with Gasteiger partial charge in [-0.3, -0.25) is 9.69 Å². The van der Waals surface area contributed by atoms with Gasteiger partial charge in [0.2, 0.25) is 0 Å². The average Bonchev–Trinajstić information content (AvgIpc) is 3.65. The van der Waals surface area contributed by atoms with Crippen molar-refractivity contribution < 1.29 is 14.6 Å². The number of hydrogen-bond acceptors (Lipinski definition) is 7. The van der Waals surface area contributed by atoms with Crippen molar-refractivity contribution >= 4 is 22.5 Å². The van der Waals surface area contributed by atoms with Crippen LogP contribution in [0.5, 0.6) is 11.8 Å². The van der Waals surface area contributed by atoms with E-state index in [1.54, 1.807) is 12.1 Å². The second-order valence-electron chi connectivity index (χ2n) is 12.5. The number of piperidine rings is 1. The molecule has 5 heterocycles. The standard InChI is InChI=1S/C32H39N5O3/c1-21-7-4-12-35(17-21)29-26-18-36(30(39)25-16-24(38)15-23-9-3-8-22(2)28(23)25)19-27(26)33-31(34-29)40-20-32-10-5-13-37(32)14-6-11-32/h3,8-9,15-16,21,38H,4-7,10-14,17-20H2,1-2H3. The van der Waals surface area contributed by atoms with E-state index < -0.39 is 0 Å². The highest BCUT2D eigenvalue weighted by molar-refractivity contribution is 6.09. The maximum atomic E-state index is 14.0. The van der Waals surface area contributed by atoms with Crippen LogP contribution in [0, 0.1) is 12.8 Å². The summed E-state index contributed by atoms with van der Waals surface area (Å²) in [4.78, 5) is 30.7. The Morgan fingerprint density at radius 3 is 2.73 bits per heavy atom. The van der Waals surface area contributed by atoms with E-state index in [9.17, 15) is 9.90 Å². The van der Waals surface area contributed by atoms with Crippen LogP contribution in [0.25, 0.3) is 10.8 Å². The van der Waals surface area contributed by atoms with E-state index >= 15 is 0 Å². The van der Waals surface area contributed by atoms with Crippen LogP contribution in [0.1, 0.15) is 72.6 Å². The first kappa shape index (κ1) is 25.6. The molecule has 3 aromatic rings. The van der Waals surface area contributed by atoms with E-state index in [4.69, 9.17) is 14.7 Å². The molecule has 8 heteroatoms. The molecule has 8 nitrogen and oxygen atoms in total. The van der Waals surface area contributed by atoms with Crippen LogP contribution >= 0.6 is 0 Å². The Labute approximate surface area is 236 Å². The molecule has 3 saturated heterocycles. The quantitative estimate of drug-likeness (QED) is 0.484. The van der Waals surface area contributed by atoms with Gasteiger partial charge in [-0.2, -0.15) is 9.97 Å². The number of carbonyl (C=O) groups is 1. The highest BCUT2D eigenvalue weighted by Gasteiger charge is 2.45. The van der Waals surface area contributed by atoms with Gasteiger partial charge in [-0.05, 0) is 92.9 Å². The number of carbonyl (C=O) groups excluding carboxylic acids is 1. The van der Waals surface area contributed by atoms with Crippen LogP contribution in [0.2, 0.25) is 0 Å². The molecule has 7 rings (SSSR count). The van der Waals surface area contributed by atoms with Crippen molar-refractivity contribution in [1.29, 1.82) is 0 Å². The zero-order chi connectivity index (χ0) is 27.4. The molecule has 1 amide bonds. The lowest BCUT2D eigenvalue weighted by atomic mass is 9.95. The second kappa shape index (κ2) is 9.91. The van der Waals surface area contributed by atoms with Crippen LogP contribution in [0.3, 0.4) is 0 Å². The zero-order valence-corrected chi connectivity index (χ0v) is 23.7. The van der Waals surface area contributed by atoms with Gasteiger partial charge in [-0.25, -0.2) is 0 Å². The maximum Gasteiger partial charge on any atom is 0.318 e. The predicted octanol–water partition coefficient (Wildman–Crippen LogP) is 5.04. The normalized spacial score (nSPS) is 22.1. The van der Waals surface area contributed by atoms with Gasteiger partial charge < -0.3 is 19.6 Å². The molecule has 2 aromatic carbocycles. The maximum absolute atomic E-state index is 14.0. The van der Waals surface area contributed by atoms with E-state index in [1.807, 2.05) is 30.0 Å². The Balaban J connectivity index is 1.21. The molecule has 4 aliphatic heterocycles. The van der Waals surface area contributed by atoms with E-state index in [0.29, 0.717) is 37.2 Å². The first-order valence-corrected chi connectivity index (χ1v) is 14.9. The van der Waals surface area contributed by atoms with E-state index in [2.05, 4.69) is 16.7 Å². The van der Waals surface area contributed by atoms with Crippen LogP contribution in [0.4, 0.5) is 5.82 Å². The van der Waals surface area contributed by atoms with Gasteiger partial charge in [0.1, 0.15) is 18.2 Å². The molecule has 210 valence electrons. The highest BCUT2D eigenvalue weighted by atomic mass is 16.5. The van der Waals surface area contributed by atoms with Gasteiger partial charge in [0, 0.05) is 18.7 Å². The van der Waals surface area contributed by atoms with Crippen LogP contribution in [0.15, 0.2) is 30.3 Å². The first-order chi connectivity index (χ1) is 19.4. The summed E-state index contributed by atoms with van der Waals surface area (Å²) < 4.78 is 6.42. The monoisotopic (exact) mass is 541 g/mol. The Kier molecular flexibility index (Phi) is 6.33. The molecule has 40 heavy (non-hydrogen) atoms. The summed E-state index contributed by atoms with van der Waals surface area (Å²) in [7, 11) is 0. The van der Waals surface area contributed by atoms with Crippen molar-refractivity contribution in [3.8, 4) is 11.8 Å². The molecule has 1 aromatic heterocycles. The number of fused-ring (bicyclic) bond motifs is 3. The third-order valence-electron chi connectivity index (χ3n) is 9.67. The van der Waals surface area contributed by atoms with Gasteiger partial charge in [0.15, 0.2) is 0 Å². The van der Waals surface area contributed by atoms with E-state index in [1.165, 1.54) is 32.1 Å². The first-order valence-electron chi connectivity index (χ1n) is 14.9. The average molecular weight is 542 g/mol. The summed E-state index contributed by atoms with van der Waals surface area (Å²) in [5.74, 6) is 1.52. The molecular formula is C32H39N5O3. The third kappa shape index (κ3) is 4.37. The Morgan fingerprint density at radius 2 is 1.93 bits per heavy atom. The fourth-order valence-corrected chi connectivity index (χ4v) is 7.67. The van der Waals surface area contributed by atoms with Gasteiger partial charge in [0.05, 0.1) is 29.9 Å². The SMILES string of the molecule is Cc1cccc2cc(O)cc(C(=O)N3Cc4nc(OCC56CCCN5CCC6)nc(N5CCCC(C)C5)c4C3)c12. The van der Waals surface area contributed by atoms with Crippen LogP contribution in [-0.2, 0) is 13.1 Å².